The molecule has 0 radical (unpaired) electrons. The average molecular weight is 303 g/mol. The number of thiophene rings is 1. The van der Waals surface area contributed by atoms with E-state index in [1.807, 2.05) is 11.4 Å². The maximum atomic E-state index is 13.0. The van der Waals surface area contributed by atoms with E-state index in [0.29, 0.717) is 18.8 Å². The lowest BCUT2D eigenvalue weighted by Gasteiger charge is -2.06. The molecule has 2 aromatic rings. The van der Waals surface area contributed by atoms with Crippen LogP contribution in [0.4, 0.5) is 14.9 Å². The quantitative estimate of drug-likeness (QED) is 0.763. The van der Waals surface area contributed by atoms with Crippen LogP contribution in [0.15, 0.2) is 35.7 Å². The Balaban J connectivity index is 1.85. The van der Waals surface area contributed by atoms with E-state index in [0.717, 1.165) is 10.4 Å². The zero-order chi connectivity index (χ0) is 15.1. The fourth-order valence-electron chi connectivity index (χ4n) is 1.60. The Hall–Kier alpha value is -2.36. The van der Waals surface area contributed by atoms with Gasteiger partial charge in [-0.05, 0) is 24.3 Å². The summed E-state index contributed by atoms with van der Waals surface area (Å²) in [5.41, 5.74) is 6.60. The third-order valence-corrected chi connectivity index (χ3v) is 3.43. The van der Waals surface area contributed by atoms with Gasteiger partial charge in [0.25, 0.3) is 0 Å². The van der Waals surface area contributed by atoms with Crippen LogP contribution in [-0.2, 0) is 6.54 Å². The summed E-state index contributed by atoms with van der Waals surface area (Å²) in [4.78, 5) is 12.7. The van der Waals surface area contributed by atoms with E-state index >= 15 is 0 Å². The van der Waals surface area contributed by atoms with Crippen LogP contribution in [0.2, 0.25) is 0 Å². The third-order valence-electron chi connectivity index (χ3n) is 2.49. The van der Waals surface area contributed by atoms with Crippen molar-refractivity contribution in [2.45, 2.75) is 6.54 Å². The smallest absolute Gasteiger partial charge is 0.319 e. The summed E-state index contributed by atoms with van der Waals surface area (Å²) in [5.74, 6) is 5.30. The molecule has 1 heterocycles. The van der Waals surface area contributed by atoms with Gasteiger partial charge in [0.1, 0.15) is 5.82 Å². The van der Waals surface area contributed by atoms with Gasteiger partial charge in [-0.2, -0.15) is 0 Å². The molecule has 2 amide bonds. The number of hydrogen-bond acceptors (Lipinski definition) is 3. The molecule has 1 aromatic carbocycles. The Bertz CT molecular complexity index is 687. The van der Waals surface area contributed by atoms with Crippen molar-refractivity contribution in [1.29, 1.82) is 0 Å². The Morgan fingerprint density at radius 1 is 1.38 bits per heavy atom. The minimum atomic E-state index is -0.394. The van der Waals surface area contributed by atoms with E-state index in [1.54, 1.807) is 6.07 Å². The first-order valence-corrected chi connectivity index (χ1v) is 7.12. The number of nitrogens with two attached hydrogens (primary N) is 1. The highest BCUT2D eigenvalue weighted by atomic mass is 32.1. The molecule has 0 aliphatic heterocycles. The fourth-order valence-corrected chi connectivity index (χ4v) is 2.36. The molecule has 21 heavy (non-hydrogen) atoms. The summed E-state index contributed by atoms with van der Waals surface area (Å²) in [6.45, 7) is 0.704. The van der Waals surface area contributed by atoms with Crippen molar-refractivity contribution in [3.63, 3.8) is 0 Å². The van der Waals surface area contributed by atoms with Gasteiger partial charge in [-0.1, -0.05) is 17.9 Å². The SMILES string of the molecule is NCC#Cc1csc(CNC(=O)Nc2cccc(F)c2)c1. The number of benzene rings is 1. The molecule has 108 valence electrons. The van der Waals surface area contributed by atoms with Crippen molar-refractivity contribution < 1.29 is 9.18 Å². The van der Waals surface area contributed by atoms with Gasteiger partial charge in [0, 0.05) is 21.5 Å². The largest absolute Gasteiger partial charge is 0.333 e. The number of nitrogens with one attached hydrogen (secondary N) is 2. The maximum absolute atomic E-state index is 13.0. The predicted molar refractivity (Wildman–Crippen MR) is 82.5 cm³/mol. The molecule has 2 rings (SSSR count). The van der Waals surface area contributed by atoms with Crippen molar-refractivity contribution in [2.75, 3.05) is 11.9 Å². The van der Waals surface area contributed by atoms with Crippen molar-refractivity contribution in [2.24, 2.45) is 5.73 Å². The minimum Gasteiger partial charge on any atom is -0.333 e. The molecular weight excluding hydrogens is 289 g/mol. The van der Waals surface area contributed by atoms with Crippen molar-refractivity contribution in [3.05, 3.63) is 52.0 Å². The van der Waals surface area contributed by atoms with Crippen molar-refractivity contribution in [1.82, 2.24) is 5.32 Å². The number of halogens is 1. The zero-order valence-electron chi connectivity index (χ0n) is 11.2. The second kappa shape index (κ2) is 7.43. The first-order valence-electron chi connectivity index (χ1n) is 6.24. The lowest BCUT2D eigenvalue weighted by Crippen LogP contribution is -2.27. The molecule has 0 unspecified atom stereocenters. The average Bonchev–Trinajstić information content (AvgIpc) is 2.91. The molecule has 0 aliphatic carbocycles. The second-order valence-electron chi connectivity index (χ2n) is 4.13. The summed E-state index contributed by atoms with van der Waals surface area (Å²) < 4.78 is 13.0. The minimum absolute atomic E-state index is 0.319. The van der Waals surface area contributed by atoms with Gasteiger partial charge in [-0.25, -0.2) is 9.18 Å². The number of amides is 2. The molecule has 0 aliphatic rings. The van der Waals surface area contributed by atoms with Crippen molar-refractivity contribution in [3.8, 4) is 11.8 Å². The van der Waals surface area contributed by atoms with E-state index in [4.69, 9.17) is 5.73 Å². The first-order chi connectivity index (χ1) is 10.2. The molecule has 0 bridgehead atoms. The Labute approximate surface area is 126 Å². The van der Waals surface area contributed by atoms with E-state index < -0.39 is 5.82 Å². The van der Waals surface area contributed by atoms with E-state index in [-0.39, 0.29) is 6.03 Å². The summed E-state index contributed by atoms with van der Waals surface area (Å²) >= 11 is 1.50. The van der Waals surface area contributed by atoms with Crippen LogP contribution in [-0.4, -0.2) is 12.6 Å². The van der Waals surface area contributed by atoms with Gasteiger partial charge in [0.2, 0.25) is 0 Å². The molecule has 0 saturated carbocycles. The van der Waals surface area contributed by atoms with E-state index in [2.05, 4.69) is 22.5 Å². The van der Waals surface area contributed by atoms with Gasteiger partial charge >= 0.3 is 6.03 Å². The van der Waals surface area contributed by atoms with Gasteiger partial charge < -0.3 is 16.4 Å². The number of anilines is 1. The standard InChI is InChI=1S/C15H14FN3OS/c16-12-4-1-5-13(8-12)19-15(20)18-9-14-7-11(10-21-14)3-2-6-17/h1,4-5,7-8,10H,6,9,17H2,(H2,18,19,20). The monoisotopic (exact) mass is 303 g/mol. The molecule has 1 aromatic heterocycles. The van der Waals surface area contributed by atoms with Gasteiger partial charge in [-0.3, -0.25) is 0 Å². The van der Waals surface area contributed by atoms with Crippen LogP contribution in [0.3, 0.4) is 0 Å². The summed E-state index contributed by atoms with van der Waals surface area (Å²) in [6.07, 6.45) is 0. The molecule has 0 fully saturated rings. The van der Waals surface area contributed by atoms with Crippen LogP contribution in [0, 0.1) is 17.7 Å². The number of carbonyl (C=O) groups is 1. The van der Waals surface area contributed by atoms with Crippen LogP contribution >= 0.6 is 11.3 Å². The topological polar surface area (TPSA) is 67.1 Å². The highest BCUT2D eigenvalue weighted by Crippen LogP contribution is 2.14. The van der Waals surface area contributed by atoms with Crippen molar-refractivity contribution >= 4 is 23.1 Å². The molecule has 0 spiro atoms. The molecule has 4 nitrogen and oxygen atoms in total. The fraction of sp³-hybridized carbons (Fsp3) is 0.133. The Morgan fingerprint density at radius 2 is 2.24 bits per heavy atom. The Kier molecular flexibility index (Phi) is 5.32. The Morgan fingerprint density at radius 3 is 3.00 bits per heavy atom. The van der Waals surface area contributed by atoms with Crippen LogP contribution in [0.25, 0.3) is 0 Å². The van der Waals surface area contributed by atoms with Crippen LogP contribution < -0.4 is 16.4 Å². The number of hydrogen-bond donors (Lipinski definition) is 3. The summed E-state index contributed by atoms with van der Waals surface area (Å²) in [7, 11) is 0. The zero-order valence-corrected chi connectivity index (χ0v) is 12.0. The van der Waals surface area contributed by atoms with E-state index in [9.17, 15) is 9.18 Å². The molecule has 6 heteroatoms. The predicted octanol–water partition coefficient (Wildman–Crippen LogP) is 2.52. The number of carbonyl (C=O) groups excluding carboxylic acids is 1. The lowest BCUT2D eigenvalue weighted by atomic mass is 10.3. The lowest BCUT2D eigenvalue weighted by molar-refractivity contribution is 0.252. The number of urea groups is 1. The highest BCUT2D eigenvalue weighted by molar-refractivity contribution is 7.10. The van der Waals surface area contributed by atoms with Crippen LogP contribution in [0.1, 0.15) is 10.4 Å². The first kappa shape index (κ1) is 15.0. The molecular formula is C15H14FN3OS. The normalized spacial score (nSPS) is 9.62. The van der Waals surface area contributed by atoms with E-state index in [1.165, 1.54) is 29.5 Å². The third kappa shape index (κ3) is 4.91. The summed E-state index contributed by atoms with van der Waals surface area (Å²) in [5, 5.41) is 7.17. The van der Waals surface area contributed by atoms with Gasteiger partial charge in [0.15, 0.2) is 0 Å². The van der Waals surface area contributed by atoms with Gasteiger partial charge in [0.05, 0.1) is 13.1 Å². The second-order valence-corrected chi connectivity index (χ2v) is 5.12. The highest BCUT2D eigenvalue weighted by Gasteiger charge is 2.04. The molecule has 0 atom stereocenters. The molecule has 4 N–H and O–H groups in total. The maximum Gasteiger partial charge on any atom is 0.319 e. The van der Waals surface area contributed by atoms with Crippen LogP contribution in [0.5, 0.6) is 0 Å². The van der Waals surface area contributed by atoms with Gasteiger partial charge in [-0.15, -0.1) is 11.3 Å². The number of rotatable bonds is 3. The summed E-state index contributed by atoms with van der Waals surface area (Å²) in [6, 6.07) is 7.24. The molecule has 0 saturated heterocycles.